The smallest absolute Gasteiger partial charge is 0.272 e. The van der Waals surface area contributed by atoms with Gasteiger partial charge in [-0.3, -0.25) is 0 Å². The van der Waals surface area contributed by atoms with Crippen LogP contribution in [0.15, 0.2) is 18.2 Å². The number of hydrogen-bond acceptors (Lipinski definition) is 3. The van der Waals surface area contributed by atoms with Gasteiger partial charge in [0, 0.05) is 12.1 Å². The number of rotatable bonds is 9. The summed E-state index contributed by atoms with van der Waals surface area (Å²) in [6, 6.07) is 5.31. The van der Waals surface area contributed by atoms with Crippen molar-refractivity contribution in [3.8, 4) is 11.5 Å². The van der Waals surface area contributed by atoms with Crippen molar-refractivity contribution in [2.45, 2.75) is 45.6 Å². The lowest BCUT2D eigenvalue weighted by Crippen LogP contribution is -2.22. The molecule has 1 aromatic carbocycles. The van der Waals surface area contributed by atoms with E-state index in [1.54, 1.807) is 6.07 Å². The molecule has 1 unspecified atom stereocenters. The highest BCUT2D eigenvalue weighted by Crippen LogP contribution is 2.27. The fraction of sp³-hybridized carbons (Fsp3) is 0.600. The van der Waals surface area contributed by atoms with E-state index in [2.05, 4.69) is 0 Å². The molecule has 0 radical (unpaired) electrons. The Labute approximate surface area is 119 Å². The Morgan fingerprint density at radius 2 is 1.95 bits per heavy atom. The van der Waals surface area contributed by atoms with E-state index in [4.69, 9.17) is 15.2 Å². The summed E-state index contributed by atoms with van der Waals surface area (Å²) in [5.41, 5.74) is 6.75. The molecule has 0 heterocycles. The fourth-order valence-electron chi connectivity index (χ4n) is 1.73. The quantitative estimate of drug-likeness (QED) is 0.757. The van der Waals surface area contributed by atoms with Gasteiger partial charge in [0.1, 0.15) is 18.1 Å². The predicted molar refractivity (Wildman–Crippen MR) is 75.7 cm³/mol. The van der Waals surface area contributed by atoms with Gasteiger partial charge in [0.15, 0.2) is 0 Å². The average molecular weight is 287 g/mol. The first-order valence-corrected chi connectivity index (χ1v) is 6.99. The van der Waals surface area contributed by atoms with Gasteiger partial charge in [-0.1, -0.05) is 19.9 Å². The number of nitrogens with two attached hydrogens (primary N) is 1. The van der Waals surface area contributed by atoms with Crippen molar-refractivity contribution in [2.24, 2.45) is 5.73 Å². The number of halogens is 2. The van der Waals surface area contributed by atoms with Crippen LogP contribution in [0.2, 0.25) is 0 Å². The molecule has 0 saturated heterocycles. The van der Waals surface area contributed by atoms with Crippen LogP contribution in [0, 0.1) is 0 Å². The summed E-state index contributed by atoms with van der Waals surface area (Å²) < 4.78 is 35.3. The maximum Gasteiger partial charge on any atom is 0.272 e. The molecule has 2 N–H and O–H groups in total. The van der Waals surface area contributed by atoms with Crippen LogP contribution in [0.25, 0.3) is 0 Å². The SMILES string of the molecule is CCCOc1ccc(CC(N)CC)c(OCC(F)F)c1. The van der Waals surface area contributed by atoms with E-state index < -0.39 is 13.0 Å². The second-order valence-electron chi connectivity index (χ2n) is 4.69. The molecule has 1 rings (SSSR count). The summed E-state index contributed by atoms with van der Waals surface area (Å²) in [6.45, 7) is 3.96. The first kappa shape index (κ1) is 16.7. The van der Waals surface area contributed by atoms with Crippen molar-refractivity contribution in [2.75, 3.05) is 13.2 Å². The number of alkyl halides is 2. The molecule has 0 aliphatic rings. The van der Waals surface area contributed by atoms with Crippen LogP contribution in [-0.4, -0.2) is 25.7 Å². The molecule has 1 atom stereocenters. The molecule has 0 amide bonds. The summed E-state index contributed by atoms with van der Waals surface area (Å²) in [7, 11) is 0. The Kier molecular flexibility index (Phi) is 7.30. The van der Waals surface area contributed by atoms with Crippen molar-refractivity contribution in [3.63, 3.8) is 0 Å². The predicted octanol–water partition coefficient (Wildman–Crippen LogP) is 3.40. The number of hydrogen-bond donors (Lipinski definition) is 1. The Hall–Kier alpha value is -1.36. The zero-order chi connectivity index (χ0) is 15.0. The van der Waals surface area contributed by atoms with E-state index in [0.29, 0.717) is 24.5 Å². The zero-order valence-electron chi connectivity index (χ0n) is 12.1. The van der Waals surface area contributed by atoms with Crippen LogP contribution in [-0.2, 0) is 6.42 Å². The standard InChI is InChI=1S/C15H23F2NO2/c1-3-7-19-13-6-5-11(8-12(18)4-2)14(9-13)20-10-15(16)17/h5-6,9,12,15H,3-4,7-8,10,18H2,1-2H3. The Morgan fingerprint density at radius 1 is 1.20 bits per heavy atom. The monoisotopic (exact) mass is 287 g/mol. The number of ether oxygens (including phenoxy) is 2. The van der Waals surface area contributed by atoms with E-state index >= 15 is 0 Å². The highest BCUT2D eigenvalue weighted by Gasteiger charge is 2.12. The second-order valence-corrected chi connectivity index (χ2v) is 4.69. The van der Waals surface area contributed by atoms with Crippen molar-refractivity contribution < 1.29 is 18.3 Å². The van der Waals surface area contributed by atoms with Gasteiger partial charge in [0.05, 0.1) is 6.61 Å². The summed E-state index contributed by atoms with van der Waals surface area (Å²) in [5.74, 6) is 1.06. The van der Waals surface area contributed by atoms with E-state index in [9.17, 15) is 8.78 Å². The minimum Gasteiger partial charge on any atom is -0.493 e. The molecule has 0 aromatic heterocycles. The van der Waals surface area contributed by atoms with Gasteiger partial charge in [-0.05, 0) is 30.9 Å². The third-order valence-corrected chi connectivity index (χ3v) is 2.88. The zero-order valence-corrected chi connectivity index (χ0v) is 12.1. The minimum absolute atomic E-state index is 0.00805. The average Bonchev–Trinajstić information content (AvgIpc) is 2.44. The molecule has 5 heteroatoms. The minimum atomic E-state index is -2.50. The fourth-order valence-corrected chi connectivity index (χ4v) is 1.73. The highest BCUT2D eigenvalue weighted by atomic mass is 19.3. The lowest BCUT2D eigenvalue weighted by atomic mass is 10.0. The van der Waals surface area contributed by atoms with Gasteiger partial charge in [-0.15, -0.1) is 0 Å². The van der Waals surface area contributed by atoms with Crippen molar-refractivity contribution >= 4 is 0 Å². The van der Waals surface area contributed by atoms with Gasteiger partial charge >= 0.3 is 0 Å². The van der Waals surface area contributed by atoms with Gasteiger partial charge in [0.2, 0.25) is 0 Å². The third-order valence-electron chi connectivity index (χ3n) is 2.88. The van der Waals surface area contributed by atoms with E-state index in [0.717, 1.165) is 18.4 Å². The van der Waals surface area contributed by atoms with Crippen LogP contribution in [0.5, 0.6) is 11.5 Å². The second kappa shape index (κ2) is 8.74. The Morgan fingerprint density at radius 3 is 2.55 bits per heavy atom. The molecule has 114 valence electrons. The van der Waals surface area contributed by atoms with E-state index in [-0.39, 0.29) is 6.04 Å². The topological polar surface area (TPSA) is 44.5 Å². The number of benzene rings is 1. The Bertz CT molecular complexity index is 399. The van der Waals surface area contributed by atoms with Gasteiger partial charge in [-0.2, -0.15) is 0 Å². The van der Waals surface area contributed by atoms with Gasteiger partial charge in [0.25, 0.3) is 6.43 Å². The normalized spacial score (nSPS) is 12.5. The van der Waals surface area contributed by atoms with Crippen LogP contribution in [0.4, 0.5) is 8.78 Å². The Balaban J connectivity index is 2.84. The van der Waals surface area contributed by atoms with Crippen LogP contribution in [0.1, 0.15) is 32.3 Å². The van der Waals surface area contributed by atoms with Crippen molar-refractivity contribution in [3.05, 3.63) is 23.8 Å². The van der Waals surface area contributed by atoms with Gasteiger partial charge < -0.3 is 15.2 Å². The van der Waals surface area contributed by atoms with Crippen LogP contribution >= 0.6 is 0 Å². The molecule has 20 heavy (non-hydrogen) atoms. The molecule has 0 fully saturated rings. The highest BCUT2D eigenvalue weighted by molar-refractivity contribution is 5.41. The maximum absolute atomic E-state index is 12.3. The van der Waals surface area contributed by atoms with Gasteiger partial charge in [-0.25, -0.2) is 8.78 Å². The van der Waals surface area contributed by atoms with E-state index in [1.165, 1.54) is 0 Å². The third kappa shape index (κ3) is 5.74. The summed E-state index contributed by atoms with van der Waals surface area (Å²) in [5, 5.41) is 0. The summed E-state index contributed by atoms with van der Waals surface area (Å²) >= 11 is 0. The van der Waals surface area contributed by atoms with E-state index in [1.807, 2.05) is 26.0 Å². The molecule has 0 bridgehead atoms. The molecular weight excluding hydrogens is 264 g/mol. The summed E-state index contributed by atoms with van der Waals surface area (Å²) in [6.07, 6.45) is -0.191. The first-order valence-electron chi connectivity index (χ1n) is 6.99. The van der Waals surface area contributed by atoms with Crippen LogP contribution in [0.3, 0.4) is 0 Å². The molecule has 0 saturated carbocycles. The molecular formula is C15H23F2NO2. The molecule has 0 spiro atoms. The first-order chi connectivity index (χ1) is 9.56. The van der Waals surface area contributed by atoms with Crippen molar-refractivity contribution in [1.29, 1.82) is 0 Å². The van der Waals surface area contributed by atoms with Crippen molar-refractivity contribution in [1.82, 2.24) is 0 Å². The molecule has 0 aliphatic carbocycles. The largest absolute Gasteiger partial charge is 0.493 e. The molecule has 1 aromatic rings. The lowest BCUT2D eigenvalue weighted by Gasteiger charge is -2.16. The van der Waals surface area contributed by atoms with Crippen LogP contribution < -0.4 is 15.2 Å². The lowest BCUT2D eigenvalue weighted by molar-refractivity contribution is 0.0812. The molecule has 3 nitrogen and oxygen atoms in total. The maximum atomic E-state index is 12.3. The summed E-state index contributed by atoms with van der Waals surface area (Å²) in [4.78, 5) is 0. The molecule has 0 aliphatic heterocycles.